The largest absolute Gasteiger partial charge is 0.481 e. The lowest BCUT2D eigenvalue weighted by molar-refractivity contribution is 0.128. The van der Waals surface area contributed by atoms with Crippen molar-refractivity contribution in [1.82, 2.24) is 14.8 Å². The summed E-state index contributed by atoms with van der Waals surface area (Å²) >= 11 is 8.61. The normalized spacial score (nSPS) is 18.2. The van der Waals surface area contributed by atoms with E-state index in [9.17, 15) is 5.11 Å². The average molecular weight is 575 g/mol. The molecule has 1 aliphatic carbocycles. The van der Waals surface area contributed by atoms with Gasteiger partial charge in [0.15, 0.2) is 0 Å². The molecular weight excluding hydrogens is 544 g/mol. The van der Waals surface area contributed by atoms with Gasteiger partial charge in [-0.25, -0.2) is 14.7 Å². The number of hydrogen-bond donors (Lipinski definition) is 1. The first-order chi connectivity index (χ1) is 19.4. The van der Waals surface area contributed by atoms with E-state index in [0.717, 1.165) is 28.1 Å². The summed E-state index contributed by atoms with van der Waals surface area (Å²) < 4.78 is 12.7. The van der Waals surface area contributed by atoms with Gasteiger partial charge < -0.3 is 14.6 Å². The zero-order valence-electron chi connectivity index (χ0n) is 22.7. The first kappa shape index (κ1) is 28.0. The maximum atomic E-state index is 12.2. The molecule has 1 aliphatic heterocycles. The Labute approximate surface area is 243 Å². The van der Waals surface area contributed by atoms with E-state index in [1.807, 2.05) is 54.2 Å². The van der Waals surface area contributed by atoms with E-state index < -0.39 is 5.60 Å². The Morgan fingerprint density at radius 1 is 1.20 bits per heavy atom. The Balaban J connectivity index is 1.51. The first-order valence-corrected chi connectivity index (χ1v) is 14.3. The maximum Gasteiger partial charge on any atom is 0.214 e. The molecule has 2 unspecified atom stereocenters. The minimum Gasteiger partial charge on any atom is -0.481 e. The van der Waals surface area contributed by atoms with Crippen molar-refractivity contribution in [2.75, 3.05) is 20.0 Å². The van der Waals surface area contributed by atoms with Gasteiger partial charge in [-0.1, -0.05) is 43.3 Å². The van der Waals surface area contributed by atoms with Crippen LogP contribution >= 0.6 is 23.4 Å². The van der Waals surface area contributed by atoms with Crippen LogP contribution in [0.15, 0.2) is 111 Å². The van der Waals surface area contributed by atoms with Crippen molar-refractivity contribution >= 4 is 29.3 Å². The number of nitrogens with zero attached hydrogens (tertiary/aromatic N) is 4. The summed E-state index contributed by atoms with van der Waals surface area (Å²) in [5.41, 5.74) is 3.51. The van der Waals surface area contributed by atoms with Gasteiger partial charge in [-0.3, -0.25) is 0 Å². The highest BCUT2D eigenvalue weighted by Gasteiger charge is 2.40. The molecule has 2 aromatic heterocycles. The van der Waals surface area contributed by atoms with E-state index in [2.05, 4.69) is 28.8 Å². The fourth-order valence-electron chi connectivity index (χ4n) is 4.96. The number of halogens is 1. The molecule has 0 fully saturated rings. The van der Waals surface area contributed by atoms with Crippen LogP contribution in [0.5, 0.6) is 5.88 Å². The molecule has 3 aromatic rings. The predicted octanol–water partition coefficient (Wildman–Crippen LogP) is 6.15. The van der Waals surface area contributed by atoms with E-state index in [1.165, 1.54) is 11.8 Å². The monoisotopic (exact) mass is 574 g/mol. The molecule has 5 rings (SSSR count). The second-order valence-corrected chi connectivity index (χ2v) is 11.1. The molecule has 40 heavy (non-hydrogen) atoms. The molecule has 1 N–H and O–H groups in total. The van der Waals surface area contributed by atoms with E-state index in [-0.39, 0.29) is 6.04 Å². The zero-order valence-corrected chi connectivity index (χ0v) is 24.2. The molecular formula is C31H31ClN4O3S. The molecule has 0 amide bonds. The highest BCUT2D eigenvalue weighted by atomic mass is 35.5. The van der Waals surface area contributed by atoms with Gasteiger partial charge in [0.05, 0.1) is 31.0 Å². The van der Waals surface area contributed by atoms with Crippen LogP contribution in [0.25, 0.3) is 5.69 Å². The number of hydrogen-bond acceptors (Lipinski definition) is 7. The van der Waals surface area contributed by atoms with Gasteiger partial charge >= 0.3 is 0 Å². The number of thioether (sulfide) groups is 1. The van der Waals surface area contributed by atoms with Crippen LogP contribution in [-0.4, -0.2) is 51.8 Å². The number of aliphatic imine (C=N–C) groups is 1. The Kier molecular flexibility index (Phi) is 8.30. The molecule has 1 aromatic carbocycles. The van der Waals surface area contributed by atoms with Crippen LogP contribution in [0.2, 0.25) is 0 Å². The lowest BCUT2D eigenvalue weighted by Gasteiger charge is -2.35. The number of ether oxygens (including phenoxy) is 2. The van der Waals surface area contributed by atoms with Crippen LogP contribution in [0.1, 0.15) is 24.5 Å². The Morgan fingerprint density at radius 2 is 2.00 bits per heavy atom. The maximum absolute atomic E-state index is 12.2. The van der Waals surface area contributed by atoms with Crippen LogP contribution in [0.3, 0.4) is 0 Å². The van der Waals surface area contributed by atoms with Gasteiger partial charge in [-0.15, -0.1) is 11.8 Å². The summed E-state index contributed by atoms with van der Waals surface area (Å²) in [6.45, 7) is 6.27. The van der Waals surface area contributed by atoms with Gasteiger partial charge in [0.25, 0.3) is 0 Å². The van der Waals surface area contributed by atoms with Gasteiger partial charge in [0.2, 0.25) is 11.8 Å². The standard InChI is InChI=1S/C31H31ClN4O3S/c1-5-40-20(2)31(37,23-10-14-28(38-3)33-19-23)22-9-13-27-25(18-22)29(32)26(30(35-27)39-4)17-21-7-11-24(12-8-21)36-16-6-15-34-36/h6-12,14-16,18-19,27,37H,2,5,13,17H2,1,3-4H3. The van der Waals surface area contributed by atoms with E-state index in [1.54, 1.807) is 32.7 Å². The molecule has 9 heteroatoms. The highest BCUT2D eigenvalue weighted by molar-refractivity contribution is 8.03. The third-order valence-electron chi connectivity index (χ3n) is 7.06. The quantitative estimate of drug-likeness (QED) is 0.330. The second kappa shape index (κ2) is 11.9. The SMILES string of the molecule is C=C(SCC)C(O)(C1=CCC2N=C(OC)C(Cc3ccc(-n4cccn4)cc3)=C(Cl)C2=C1)c1ccc(OC)nc1. The van der Waals surface area contributed by atoms with Crippen molar-refractivity contribution in [2.45, 2.75) is 31.4 Å². The topological polar surface area (TPSA) is 81.8 Å². The smallest absolute Gasteiger partial charge is 0.214 e. The number of aliphatic hydroxyl groups is 1. The van der Waals surface area contributed by atoms with Crippen molar-refractivity contribution in [3.63, 3.8) is 0 Å². The van der Waals surface area contributed by atoms with Gasteiger partial charge in [0, 0.05) is 47.1 Å². The van der Waals surface area contributed by atoms with Gasteiger partial charge in [0.1, 0.15) is 5.60 Å². The minimum atomic E-state index is -1.47. The number of fused-ring (bicyclic) bond motifs is 1. The summed E-state index contributed by atoms with van der Waals surface area (Å²) in [6.07, 6.45) is 10.3. The number of pyridine rings is 1. The van der Waals surface area contributed by atoms with Gasteiger partial charge in [-0.05, 0) is 59.2 Å². The number of aromatic nitrogens is 3. The van der Waals surface area contributed by atoms with Crippen LogP contribution in [-0.2, 0) is 16.8 Å². The number of benzene rings is 1. The van der Waals surface area contributed by atoms with E-state index in [4.69, 9.17) is 26.1 Å². The fraction of sp³-hybridized carbons (Fsp3) is 0.258. The van der Waals surface area contributed by atoms with Crippen LogP contribution < -0.4 is 4.74 Å². The molecule has 2 atom stereocenters. The number of rotatable bonds is 9. The molecule has 0 spiro atoms. The molecule has 206 valence electrons. The van der Waals surface area contributed by atoms with E-state index in [0.29, 0.717) is 45.7 Å². The number of methoxy groups -OCH3 is 2. The second-order valence-electron chi connectivity index (χ2n) is 9.39. The Hall–Kier alpha value is -3.59. The zero-order chi connectivity index (χ0) is 28.3. The van der Waals surface area contributed by atoms with Crippen molar-refractivity contribution < 1.29 is 14.6 Å². The minimum absolute atomic E-state index is 0.206. The first-order valence-electron chi connectivity index (χ1n) is 13.0. The summed E-state index contributed by atoms with van der Waals surface area (Å²) in [4.78, 5) is 9.84. The fourth-order valence-corrected chi connectivity index (χ4v) is 6.08. The summed E-state index contributed by atoms with van der Waals surface area (Å²) in [7, 11) is 3.18. The Bertz CT molecular complexity index is 1510. The van der Waals surface area contributed by atoms with Gasteiger partial charge in [-0.2, -0.15) is 5.10 Å². The van der Waals surface area contributed by atoms with Crippen molar-refractivity contribution in [3.8, 4) is 11.6 Å². The Morgan fingerprint density at radius 3 is 2.62 bits per heavy atom. The highest BCUT2D eigenvalue weighted by Crippen LogP contribution is 2.46. The third kappa shape index (κ3) is 5.27. The average Bonchev–Trinajstić information content (AvgIpc) is 3.53. The summed E-state index contributed by atoms with van der Waals surface area (Å²) in [5, 5.41) is 17.1. The third-order valence-corrected chi connectivity index (χ3v) is 8.44. The van der Waals surface area contributed by atoms with Crippen molar-refractivity contribution in [1.29, 1.82) is 0 Å². The van der Waals surface area contributed by atoms with Crippen LogP contribution in [0, 0.1) is 0 Å². The molecule has 0 saturated heterocycles. The molecule has 0 bridgehead atoms. The van der Waals surface area contributed by atoms with Crippen LogP contribution in [0.4, 0.5) is 0 Å². The summed E-state index contributed by atoms with van der Waals surface area (Å²) in [5.74, 6) is 1.77. The predicted molar refractivity (Wildman–Crippen MR) is 161 cm³/mol. The molecule has 7 nitrogen and oxygen atoms in total. The molecule has 0 radical (unpaired) electrons. The number of dihydropyridines is 1. The molecule has 2 aliphatic rings. The van der Waals surface area contributed by atoms with Crippen molar-refractivity contribution in [3.05, 3.63) is 118 Å². The molecule has 0 saturated carbocycles. The lowest BCUT2D eigenvalue weighted by atomic mass is 9.80. The lowest BCUT2D eigenvalue weighted by Crippen LogP contribution is -2.32. The van der Waals surface area contributed by atoms with E-state index >= 15 is 0 Å². The summed E-state index contributed by atoms with van der Waals surface area (Å²) in [6, 6.07) is 13.4. The van der Waals surface area contributed by atoms with Crippen molar-refractivity contribution in [2.24, 2.45) is 4.99 Å². The molecule has 3 heterocycles.